The van der Waals surface area contributed by atoms with E-state index >= 15 is 17.6 Å². The molecule has 296 valence electrons. The van der Waals surface area contributed by atoms with Crippen LogP contribution in [0.1, 0.15) is 62.3 Å². The van der Waals surface area contributed by atoms with Gasteiger partial charge in [0.05, 0.1) is 33.4 Å². The Morgan fingerprint density at radius 1 is 0.473 bits per heavy atom. The van der Waals surface area contributed by atoms with E-state index in [1.807, 2.05) is 12.1 Å². The first-order chi connectivity index (χ1) is 25.3. The van der Waals surface area contributed by atoms with Gasteiger partial charge in [-0.05, 0) is 102 Å². The maximum atomic E-state index is 15.7. The molecule has 6 rings (SSSR count). The van der Waals surface area contributed by atoms with E-state index in [-0.39, 0.29) is 31.6 Å². The van der Waals surface area contributed by atoms with E-state index in [2.05, 4.69) is 62.3 Å². The van der Waals surface area contributed by atoms with E-state index in [1.165, 1.54) is 12.1 Å². The smallest absolute Gasteiger partial charge is 0.418 e. The Bertz CT molecular complexity index is 2210. The van der Waals surface area contributed by atoms with Crippen molar-refractivity contribution in [3.8, 4) is 11.5 Å². The lowest BCUT2D eigenvalue weighted by molar-refractivity contribution is 0.372. The summed E-state index contributed by atoms with van der Waals surface area (Å²) in [6, 6.07) is 11.6. The summed E-state index contributed by atoms with van der Waals surface area (Å²) in [4.78, 5) is 0. The third-order valence-electron chi connectivity index (χ3n) is 10.1. The van der Waals surface area contributed by atoms with Crippen LogP contribution in [0.25, 0.3) is 21.5 Å². The van der Waals surface area contributed by atoms with Crippen molar-refractivity contribution in [1.29, 1.82) is 0 Å². The third kappa shape index (κ3) is 6.13. The van der Waals surface area contributed by atoms with Gasteiger partial charge in [0.1, 0.15) is 34.8 Å². The quantitative estimate of drug-likeness (QED) is 0.0343. The van der Waals surface area contributed by atoms with Crippen LogP contribution < -0.4 is 25.5 Å². The van der Waals surface area contributed by atoms with Gasteiger partial charge in [0.25, 0.3) is 0 Å². The predicted octanol–water partition coefficient (Wildman–Crippen LogP) is 11.9. The summed E-state index contributed by atoms with van der Waals surface area (Å²) >= 11 is 9.53. The minimum Gasteiger partial charge on any atom is -0.673 e. The molecule has 5 aromatic rings. The second kappa shape index (κ2) is 14.2. The van der Waals surface area contributed by atoms with Gasteiger partial charge in [0, 0.05) is 10.8 Å². The average molecular weight is 839 g/mol. The Balaban J connectivity index is 0.00000187. The van der Waals surface area contributed by atoms with Gasteiger partial charge in [-0.2, -0.15) is 0 Å². The standard InChI is InChI=1S/C38H34BF10O2P.CH2Cl2/c1-36(2,3)52(37(4,5)6,38(7,8)9)17-14-15-20-21(16-17)18-12-10-11-13-19(18)34-35(20)51-39(50-34,22-24(40)28(44)32(48)29(45)25(22)41)23-26(42)30(46)33(49)31(47)27(23)43;2-1-3/h10-16H,1-9H3;1H2. The molecule has 5 aromatic carbocycles. The summed E-state index contributed by atoms with van der Waals surface area (Å²) < 4.78 is 162. The Hall–Kier alpha value is -3.41. The Labute approximate surface area is 322 Å². The van der Waals surface area contributed by atoms with E-state index < -0.39 is 94.4 Å². The lowest BCUT2D eigenvalue weighted by atomic mass is 9.45. The lowest BCUT2D eigenvalue weighted by Gasteiger charge is -2.54. The molecule has 0 amide bonds. The molecule has 0 aliphatic carbocycles. The second-order valence-electron chi connectivity index (χ2n) is 16.1. The summed E-state index contributed by atoms with van der Waals surface area (Å²) in [5.41, 5.74) is -4.13. The van der Waals surface area contributed by atoms with Crippen LogP contribution in [0, 0.1) is 58.2 Å². The average Bonchev–Trinajstić information content (AvgIpc) is 3.48. The summed E-state index contributed by atoms with van der Waals surface area (Å²) in [6.45, 7) is 14.4. The SMILES string of the molecule is CC(C)(C)[P+](c1ccc2c3c(c4ccccc4c2c1)O[B-](c1c(F)c(F)c(F)c(F)c1F)(c1c(F)c(F)c(F)c(F)c1F)O3)(C(C)(C)C)C(C)(C)C.ClCCl. The van der Waals surface area contributed by atoms with Crippen LogP contribution in [0.15, 0.2) is 42.5 Å². The predicted molar refractivity (Wildman–Crippen MR) is 203 cm³/mol. The molecular formula is C39H36BCl2F10O2P. The van der Waals surface area contributed by atoms with Crippen LogP contribution in [0.3, 0.4) is 0 Å². The molecule has 0 radical (unpaired) electrons. The van der Waals surface area contributed by atoms with Gasteiger partial charge in [-0.3, -0.25) is 0 Å². The summed E-state index contributed by atoms with van der Waals surface area (Å²) in [7, 11) is -2.29. The normalized spacial score (nSPS) is 14.4. The highest BCUT2D eigenvalue weighted by Crippen LogP contribution is 2.82. The van der Waals surface area contributed by atoms with Crippen molar-refractivity contribution >= 4 is 74.8 Å². The Morgan fingerprint density at radius 3 is 1.13 bits per heavy atom. The summed E-state index contributed by atoms with van der Waals surface area (Å²) in [5.74, 6) is -27.1. The number of benzene rings is 5. The van der Waals surface area contributed by atoms with Gasteiger partial charge in [0.15, 0.2) is 34.9 Å². The van der Waals surface area contributed by atoms with Gasteiger partial charge >= 0.3 is 6.55 Å². The molecule has 0 saturated heterocycles. The molecule has 2 nitrogen and oxygen atoms in total. The summed E-state index contributed by atoms with van der Waals surface area (Å²) in [6.07, 6.45) is 0. The topological polar surface area (TPSA) is 18.5 Å². The highest BCUT2D eigenvalue weighted by atomic mass is 35.5. The number of halogens is 12. The number of hydrogen-bond acceptors (Lipinski definition) is 2. The first-order valence-electron chi connectivity index (χ1n) is 16.8. The molecule has 0 bridgehead atoms. The van der Waals surface area contributed by atoms with Crippen molar-refractivity contribution < 1.29 is 53.2 Å². The Morgan fingerprint density at radius 2 is 0.782 bits per heavy atom. The van der Waals surface area contributed by atoms with Crippen molar-refractivity contribution in [2.45, 2.75) is 77.8 Å². The van der Waals surface area contributed by atoms with E-state index in [0.29, 0.717) is 10.8 Å². The van der Waals surface area contributed by atoms with Crippen LogP contribution in [0.5, 0.6) is 11.5 Å². The maximum Gasteiger partial charge on any atom is 0.418 e. The highest BCUT2D eigenvalue weighted by Gasteiger charge is 2.66. The largest absolute Gasteiger partial charge is 0.673 e. The summed E-state index contributed by atoms with van der Waals surface area (Å²) in [5, 5.41) is 1.43. The van der Waals surface area contributed by atoms with Crippen LogP contribution in [0.2, 0.25) is 0 Å². The van der Waals surface area contributed by atoms with Crippen molar-refractivity contribution in [3.63, 3.8) is 0 Å². The monoisotopic (exact) mass is 838 g/mol. The molecule has 55 heavy (non-hydrogen) atoms. The molecule has 0 spiro atoms. The zero-order chi connectivity index (χ0) is 41.5. The van der Waals surface area contributed by atoms with Gasteiger partial charge < -0.3 is 9.31 Å². The van der Waals surface area contributed by atoms with Crippen molar-refractivity contribution in [2.75, 3.05) is 5.34 Å². The molecule has 0 atom stereocenters. The molecule has 1 aliphatic rings. The highest BCUT2D eigenvalue weighted by molar-refractivity contribution is 7.86. The lowest BCUT2D eigenvalue weighted by Crippen LogP contribution is -2.70. The van der Waals surface area contributed by atoms with Gasteiger partial charge in [-0.1, -0.05) is 24.3 Å². The van der Waals surface area contributed by atoms with E-state index in [9.17, 15) is 26.3 Å². The molecule has 0 aromatic heterocycles. The minimum atomic E-state index is -4.96. The number of hydrogen-bond donors (Lipinski definition) is 0. The number of rotatable bonds is 3. The fourth-order valence-electron chi connectivity index (χ4n) is 9.38. The van der Waals surface area contributed by atoms with Gasteiger partial charge in [-0.15, -0.1) is 23.2 Å². The van der Waals surface area contributed by atoms with Crippen LogP contribution >= 0.6 is 30.5 Å². The van der Waals surface area contributed by atoms with Crippen LogP contribution in [-0.4, -0.2) is 27.4 Å². The maximum absolute atomic E-state index is 15.7. The first kappa shape index (κ1) is 42.7. The molecule has 0 saturated carbocycles. The zero-order valence-electron chi connectivity index (χ0n) is 31.1. The first-order valence-corrected chi connectivity index (χ1v) is 19.7. The van der Waals surface area contributed by atoms with Crippen LogP contribution in [-0.2, 0) is 0 Å². The number of alkyl halides is 2. The van der Waals surface area contributed by atoms with Crippen molar-refractivity contribution in [2.24, 2.45) is 0 Å². The molecular weight excluding hydrogens is 803 g/mol. The van der Waals surface area contributed by atoms with Crippen molar-refractivity contribution in [3.05, 3.63) is 101 Å². The van der Waals surface area contributed by atoms with E-state index in [4.69, 9.17) is 32.5 Å². The Kier molecular flexibility index (Phi) is 11.0. The van der Waals surface area contributed by atoms with Gasteiger partial charge in [0.2, 0.25) is 0 Å². The fourth-order valence-corrected chi connectivity index (χ4v) is 18.4. The zero-order valence-corrected chi connectivity index (χ0v) is 33.5. The molecule has 1 heterocycles. The molecule has 1 aliphatic heterocycles. The third-order valence-corrected chi connectivity index (χ3v) is 17.2. The van der Waals surface area contributed by atoms with Crippen molar-refractivity contribution in [1.82, 2.24) is 0 Å². The van der Waals surface area contributed by atoms with E-state index in [1.54, 1.807) is 18.2 Å². The molecule has 0 N–H and O–H groups in total. The van der Waals surface area contributed by atoms with E-state index in [0.717, 1.165) is 5.30 Å². The fraction of sp³-hybridized carbons (Fsp3) is 0.333. The second-order valence-corrected chi connectivity index (χ2v) is 22.8. The van der Waals surface area contributed by atoms with Gasteiger partial charge in [-0.25, -0.2) is 43.9 Å². The molecule has 0 fully saturated rings. The molecule has 16 heteroatoms. The molecule has 0 unspecified atom stereocenters. The van der Waals surface area contributed by atoms with Crippen LogP contribution in [0.4, 0.5) is 43.9 Å². The minimum absolute atomic E-state index is 0.102. The number of fused-ring (bicyclic) bond motifs is 6.